The van der Waals surface area contributed by atoms with Crippen molar-refractivity contribution in [3.05, 3.63) is 93.9 Å². The Balaban J connectivity index is 0.883. The maximum atomic E-state index is 14.2. The van der Waals surface area contributed by atoms with Crippen molar-refractivity contribution in [3.63, 3.8) is 0 Å². The Bertz CT molecular complexity index is 2790. The number of halogens is 3. The maximum Gasteiger partial charge on any atom is 0.416 e. The molecule has 2 aliphatic rings. The Morgan fingerprint density at radius 1 is 0.904 bits per heavy atom. The Hall–Kier alpha value is -6.34. The van der Waals surface area contributed by atoms with E-state index in [4.69, 9.17) is 10.5 Å². The van der Waals surface area contributed by atoms with Gasteiger partial charge < -0.3 is 41.3 Å². The number of fused-ring (bicyclic) bond motifs is 1. The summed E-state index contributed by atoms with van der Waals surface area (Å²) in [6.07, 6.45) is -1.79. The van der Waals surface area contributed by atoms with E-state index in [1.165, 1.54) is 11.0 Å². The van der Waals surface area contributed by atoms with Gasteiger partial charge in [0.1, 0.15) is 29.5 Å². The summed E-state index contributed by atoms with van der Waals surface area (Å²) in [5.74, 6) is 0.559. The molecule has 392 valence electrons. The number of ether oxygens (including phenoxy) is 1. The summed E-state index contributed by atoms with van der Waals surface area (Å²) in [5, 5.41) is 20.6. The van der Waals surface area contributed by atoms with Gasteiger partial charge in [0.05, 0.1) is 52.5 Å². The van der Waals surface area contributed by atoms with Crippen LogP contribution in [0.1, 0.15) is 138 Å². The van der Waals surface area contributed by atoms with Crippen molar-refractivity contribution >= 4 is 57.4 Å². The Morgan fingerprint density at radius 2 is 1.60 bits per heavy atom. The third-order valence-corrected chi connectivity index (χ3v) is 14.9. The zero-order valence-corrected chi connectivity index (χ0v) is 43.7. The third-order valence-electron chi connectivity index (χ3n) is 14.0. The number of methoxy groups -OCH3 is 1. The van der Waals surface area contributed by atoms with Crippen LogP contribution in [0.4, 0.5) is 24.7 Å². The number of alkyl halides is 3. The molecular weight excluding hydrogens is 960 g/mol. The smallest absolute Gasteiger partial charge is 0.416 e. The molecule has 0 bridgehead atoms. The number of benzene rings is 3. The number of rotatable bonds is 17. The summed E-state index contributed by atoms with van der Waals surface area (Å²) in [6, 6.07) is 12.4. The number of aromatic nitrogens is 3. The van der Waals surface area contributed by atoms with E-state index in [-0.39, 0.29) is 54.8 Å². The fraction of sp³-hybridized carbons (Fsp3) is 0.500. The number of nitrogen functional groups attached to an aromatic ring is 1. The molecule has 3 aromatic carbocycles. The number of aryl methyl sites for hydroxylation is 2. The molecule has 7 rings (SSSR count). The van der Waals surface area contributed by atoms with Gasteiger partial charge in [0, 0.05) is 56.0 Å². The van der Waals surface area contributed by atoms with Crippen LogP contribution in [-0.4, -0.2) is 98.4 Å². The predicted octanol–water partition coefficient (Wildman–Crippen LogP) is 9.18. The molecule has 6 N–H and O–H groups in total. The molecule has 0 spiro atoms. The zero-order chi connectivity index (χ0) is 52.9. The number of hydrogen-bond acceptors (Lipinski definition) is 12. The lowest BCUT2D eigenvalue weighted by Gasteiger charge is -2.35. The van der Waals surface area contributed by atoms with Crippen LogP contribution in [-0.2, 0) is 25.4 Å². The Morgan fingerprint density at radius 3 is 2.25 bits per heavy atom. The summed E-state index contributed by atoms with van der Waals surface area (Å²) in [4.78, 5) is 72.6. The summed E-state index contributed by atoms with van der Waals surface area (Å²) in [5.41, 5.74) is 10.9. The second kappa shape index (κ2) is 22.8. The molecule has 4 amide bonds. The quantitative estimate of drug-likeness (QED) is 0.0439. The summed E-state index contributed by atoms with van der Waals surface area (Å²) >= 11 is 1.56. The molecule has 0 saturated carbocycles. The van der Waals surface area contributed by atoms with Crippen LogP contribution in [0.2, 0.25) is 0 Å². The second-order valence-corrected chi connectivity index (χ2v) is 21.4. The van der Waals surface area contributed by atoms with Crippen molar-refractivity contribution in [2.75, 3.05) is 37.8 Å². The first-order chi connectivity index (χ1) is 34.5. The van der Waals surface area contributed by atoms with Gasteiger partial charge in [0.25, 0.3) is 0 Å². The molecule has 0 unspecified atom stereocenters. The van der Waals surface area contributed by atoms with Crippen LogP contribution < -0.4 is 26.4 Å². The van der Waals surface area contributed by atoms with E-state index in [1.807, 2.05) is 81.4 Å². The van der Waals surface area contributed by atoms with Crippen molar-refractivity contribution in [3.8, 4) is 16.2 Å². The molecule has 2 aliphatic heterocycles. The predicted molar refractivity (Wildman–Crippen MR) is 277 cm³/mol. The number of aliphatic hydroxyl groups excluding tert-OH is 1. The number of piperidine rings is 1. The first-order valence-corrected chi connectivity index (χ1v) is 25.9. The number of aliphatic hydroxyl groups is 1. The summed E-state index contributed by atoms with van der Waals surface area (Å²) < 4.78 is 46.7. The van der Waals surface area contributed by atoms with Crippen LogP contribution in [0.15, 0.2) is 60.1 Å². The number of β-amino-alcohol motifs (C(OH)–C–C–N with tert-alkyl or cyclic N) is 1. The first kappa shape index (κ1) is 54.4. The standard InChI is InChI=1S/C54H68F3N9O6S/c1-30(34-14-16-36(17-15-34)48-32(3)59-29-73-48)61-51(70)44-25-40(67)28-66(44)52(71)49(53(5,6)7)64-46(68)12-10-9-11-13-47(69)65-20-18-35(19-21-65)41-26-42-43(27-45(41)72-8)62-33(4)63-50(42)60-31(2)37-22-38(54(55,56)57)24-39(58)23-37/h14-17,22-24,26-27,29-31,35,40,44,49,67H,9-13,18-21,25,28,58H2,1-8H3,(H,61,70)(H,64,68)(H,60,62,63)/t30-,31+,40+,44-,49+/m0/s1. The fourth-order valence-corrected chi connectivity index (χ4v) is 10.7. The molecule has 19 heteroatoms. The van der Waals surface area contributed by atoms with Gasteiger partial charge in [-0.25, -0.2) is 15.0 Å². The normalized spacial score (nSPS) is 17.8. The lowest BCUT2D eigenvalue weighted by Crippen LogP contribution is -2.57. The molecule has 5 atom stereocenters. The number of carbonyl (C=O) groups excluding carboxylic acids is 4. The number of likely N-dealkylation sites (tertiary alicyclic amines) is 2. The maximum absolute atomic E-state index is 14.2. The van der Waals surface area contributed by atoms with E-state index < -0.39 is 47.3 Å². The van der Waals surface area contributed by atoms with Crippen LogP contribution in [0.25, 0.3) is 21.3 Å². The van der Waals surface area contributed by atoms with E-state index in [9.17, 15) is 37.5 Å². The highest BCUT2D eigenvalue weighted by molar-refractivity contribution is 7.13. The van der Waals surface area contributed by atoms with Crippen LogP contribution in [0.3, 0.4) is 0 Å². The van der Waals surface area contributed by atoms with E-state index in [0.29, 0.717) is 85.5 Å². The van der Waals surface area contributed by atoms with Gasteiger partial charge in [-0.1, -0.05) is 51.5 Å². The van der Waals surface area contributed by atoms with Crippen LogP contribution in [0, 0.1) is 19.3 Å². The van der Waals surface area contributed by atoms with E-state index >= 15 is 0 Å². The first-order valence-electron chi connectivity index (χ1n) is 25.0. The topological polar surface area (TPSA) is 205 Å². The zero-order valence-electron chi connectivity index (χ0n) is 42.9. The Kier molecular flexibility index (Phi) is 17.0. The van der Waals surface area contributed by atoms with Crippen molar-refractivity contribution in [1.29, 1.82) is 0 Å². The number of nitrogens with zero attached hydrogens (tertiary/aromatic N) is 5. The SMILES string of the molecule is COc1cc2nc(C)nc(N[C@H](C)c3cc(N)cc(C(F)(F)F)c3)c2cc1C1CCN(C(=O)CCCCCC(=O)N[C@H](C(=O)N2C[C@H](O)C[C@H]2C(=O)N[C@@H](C)c2ccc(-c3scnc3C)cc2)C(C)(C)C)CC1. The molecule has 4 heterocycles. The van der Waals surface area contributed by atoms with Crippen molar-refractivity contribution in [2.24, 2.45) is 5.41 Å². The molecule has 0 aliphatic carbocycles. The second-order valence-electron chi connectivity index (χ2n) is 20.6. The highest BCUT2D eigenvalue weighted by Gasteiger charge is 2.45. The van der Waals surface area contributed by atoms with Crippen LogP contribution in [0.5, 0.6) is 5.75 Å². The minimum Gasteiger partial charge on any atom is -0.496 e. The minimum absolute atomic E-state index is 0.00701. The molecule has 73 heavy (non-hydrogen) atoms. The molecule has 2 saturated heterocycles. The van der Waals surface area contributed by atoms with Crippen molar-refractivity contribution in [1.82, 2.24) is 35.4 Å². The average Bonchev–Trinajstić information content (AvgIpc) is 3.96. The molecular formula is C54H68F3N9O6S. The minimum atomic E-state index is -4.55. The molecule has 15 nitrogen and oxygen atoms in total. The molecule has 5 aromatic rings. The van der Waals surface area contributed by atoms with Crippen molar-refractivity contribution < 1.29 is 42.2 Å². The van der Waals surface area contributed by atoms with Gasteiger partial charge in [-0.2, -0.15) is 13.2 Å². The van der Waals surface area contributed by atoms with Gasteiger partial charge in [0.15, 0.2) is 0 Å². The van der Waals surface area contributed by atoms with Crippen molar-refractivity contribution in [2.45, 2.75) is 142 Å². The summed E-state index contributed by atoms with van der Waals surface area (Å²) in [7, 11) is 1.59. The Labute approximate surface area is 428 Å². The van der Waals surface area contributed by atoms with Gasteiger partial charge in [-0.3, -0.25) is 19.2 Å². The number of nitrogens with two attached hydrogens (primary N) is 1. The highest BCUT2D eigenvalue weighted by Crippen LogP contribution is 2.40. The number of unbranched alkanes of at least 4 members (excludes halogenated alkanes) is 2. The molecule has 2 aromatic heterocycles. The number of hydrogen-bond donors (Lipinski definition) is 5. The van der Waals surface area contributed by atoms with Crippen LogP contribution >= 0.6 is 11.3 Å². The number of anilines is 2. The van der Waals surface area contributed by atoms with E-state index in [0.717, 1.165) is 39.4 Å². The third kappa shape index (κ3) is 13.3. The monoisotopic (exact) mass is 1030 g/mol. The molecule has 2 fully saturated rings. The number of amides is 4. The van der Waals surface area contributed by atoms with Gasteiger partial charge >= 0.3 is 6.18 Å². The van der Waals surface area contributed by atoms with Gasteiger partial charge in [-0.15, -0.1) is 11.3 Å². The average molecular weight is 1030 g/mol. The molecule has 0 radical (unpaired) electrons. The number of thiazole rings is 1. The fourth-order valence-electron chi connectivity index (χ4n) is 9.86. The van der Waals surface area contributed by atoms with E-state index in [1.54, 1.807) is 32.3 Å². The highest BCUT2D eigenvalue weighted by atomic mass is 32.1. The largest absolute Gasteiger partial charge is 0.496 e. The van der Waals surface area contributed by atoms with Gasteiger partial charge in [0.2, 0.25) is 23.6 Å². The summed E-state index contributed by atoms with van der Waals surface area (Å²) in [6.45, 7) is 13.9. The number of nitrogens with one attached hydrogen (secondary N) is 3. The number of carbonyl (C=O) groups is 4. The van der Waals surface area contributed by atoms with Gasteiger partial charge in [-0.05, 0) is 111 Å². The lowest BCUT2D eigenvalue weighted by molar-refractivity contribution is -0.144. The van der Waals surface area contributed by atoms with E-state index in [2.05, 4.69) is 30.9 Å². The lowest BCUT2D eigenvalue weighted by atomic mass is 9.85.